The van der Waals surface area contributed by atoms with Gasteiger partial charge in [0, 0.05) is 25.0 Å². The van der Waals surface area contributed by atoms with Crippen LogP contribution in [0.3, 0.4) is 0 Å². The Morgan fingerprint density at radius 2 is 2.04 bits per heavy atom. The van der Waals surface area contributed by atoms with E-state index in [0.29, 0.717) is 25.2 Å². The van der Waals surface area contributed by atoms with Gasteiger partial charge in [-0.1, -0.05) is 0 Å². The summed E-state index contributed by atoms with van der Waals surface area (Å²) in [5.74, 6) is -0.189. The summed E-state index contributed by atoms with van der Waals surface area (Å²) in [6.07, 6.45) is -2.23. The van der Waals surface area contributed by atoms with Crippen LogP contribution in [0.15, 0.2) is 18.3 Å². The van der Waals surface area contributed by atoms with E-state index in [0.717, 1.165) is 11.8 Å². The second-order valence-electron chi connectivity index (χ2n) is 5.65. The van der Waals surface area contributed by atoms with E-state index >= 15 is 0 Å². The molecule has 0 saturated heterocycles. The topological polar surface area (TPSA) is 64.7 Å². The van der Waals surface area contributed by atoms with E-state index < -0.39 is 17.9 Å². The maximum Gasteiger partial charge on any atom is 0.435 e. The molecule has 2 heterocycles. The van der Waals surface area contributed by atoms with Gasteiger partial charge in [0.2, 0.25) is 5.91 Å². The number of aromatic nitrogens is 4. The van der Waals surface area contributed by atoms with Crippen LogP contribution in [0, 0.1) is 13.8 Å². The van der Waals surface area contributed by atoms with Gasteiger partial charge < -0.3 is 5.32 Å². The van der Waals surface area contributed by atoms with Gasteiger partial charge in [-0.2, -0.15) is 23.4 Å². The van der Waals surface area contributed by atoms with E-state index in [1.807, 2.05) is 13.0 Å². The molecule has 1 N–H and O–H groups in total. The summed E-state index contributed by atoms with van der Waals surface area (Å²) in [5.41, 5.74) is 0.366. The fraction of sp³-hybridized carbons (Fsp3) is 0.533. The van der Waals surface area contributed by atoms with Gasteiger partial charge in [0.1, 0.15) is 6.04 Å². The Kier molecular flexibility index (Phi) is 5.30. The van der Waals surface area contributed by atoms with E-state index in [2.05, 4.69) is 15.5 Å². The molecule has 0 saturated carbocycles. The number of rotatable bonds is 6. The van der Waals surface area contributed by atoms with Crippen LogP contribution in [0.4, 0.5) is 13.2 Å². The quantitative estimate of drug-likeness (QED) is 0.820. The molecular weight excluding hydrogens is 323 g/mol. The van der Waals surface area contributed by atoms with Gasteiger partial charge in [0.05, 0.1) is 5.69 Å². The first-order valence-corrected chi connectivity index (χ1v) is 7.59. The Morgan fingerprint density at radius 1 is 1.33 bits per heavy atom. The highest BCUT2D eigenvalue weighted by Crippen LogP contribution is 2.28. The lowest BCUT2D eigenvalue weighted by atomic mass is 10.3. The molecule has 9 heteroatoms. The third kappa shape index (κ3) is 4.36. The van der Waals surface area contributed by atoms with E-state index in [1.165, 1.54) is 4.68 Å². The molecule has 0 fully saturated rings. The second-order valence-corrected chi connectivity index (χ2v) is 5.65. The van der Waals surface area contributed by atoms with E-state index in [1.54, 1.807) is 24.7 Å². The highest BCUT2D eigenvalue weighted by molar-refractivity contribution is 5.79. The Labute approximate surface area is 137 Å². The summed E-state index contributed by atoms with van der Waals surface area (Å²) in [6, 6.07) is 2.38. The number of nitrogens with one attached hydrogen (secondary N) is 1. The lowest BCUT2D eigenvalue weighted by Crippen LogP contribution is -2.32. The van der Waals surface area contributed by atoms with E-state index in [9.17, 15) is 18.0 Å². The molecule has 24 heavy (non-hydrogen) atoms. The molecule has 6 nitrogen and oxygen atoms in total. The van der Waals surface area contributed by atoms with Crippen molar-refractivity contribution >= 4 is 5.91 Å². The summed E-state index contributed by atoms with van der Waals surface area (Å²) < 4.78 is 40.6. The van der Waals surface area contributed by atoms with Crippen LogP contribution in [0.25, 0.3) is 0 Å². The van der Waals surface area contributed by atoms with Crippen LogP contribution in [0.5, 0.6) is 0 Å². The van der Waals surface area contributed by atoms with Crippen molar-refractivity contribution in [3.63, 3.8) is 0 Å². The Balaban J connectivity index is 1.81. The van der Waals surface area contributed by atoms with E-state index in [4.69, 9.17) is 0 Å². The average molecular weight is 343 g/mol. The number of hydrogen-bond donors (Lipinski definition) is 1. The van der Waals surface area contributed by atoms with Crippen molar-refractivity contribution in [1.29, 1.82) is 0 Å². The fourth-order valence-corrected chi connectivity index (χ4v) is 2.23. The van der Waals surface area contributed by atoms with Crippen molar-refractivity contribution < 1.29 is 18.0 Å². The molecule has 2 rings (SSSR count). The van der Waals surface area contributed by atoms with Crippen molar-refractivity contribution in [2.24, 2.45) is 0 Å². The summed E-state index contributed by atoms with van der Waals surface area (Å²) in [6.45, 7) is 5.79. The number of carbonyl (C=O) groups is 1. The molecule has 0 aliphatic heterocycles. The Hall–Kier alpha value is -2.32. The molecule has 0 aliphatic carbocycles. The number of amides is 1. The van der Waals surface area contributed by atoms with Gasteiger partial charge in [0.15, 0.2) is 5.69 Å². The molecule has 1 atom stereocenters. The largest absolute Gasteiger partial charge is 0.435 e. The SMILES string of the molecule is Cc1ccn(C(C)C(=O)NCCCn2nc(C(F)(F)F)cc2C)n1. The number of alkyl halides is 3. The summed E-state index contributed by atoms with van der Waals surface area (Å²) in [4.78, 5) is 12.0. The molecule has 0 spiro atoms. The molecule has 0 radical (unpaired) electrons. The molecular formula is C15H20F3N5O. The van der Waals surface area contributed by atoms with Crippen LogP contribution in [-0.2, 0) is 17.5 Å². The standard InChI is InChI=1S/C15H20F3N5O/c1-10-5-8-23(20-10)12(3)14(24)19-6-4-7-22-11(2)9-13(21-22)15(16,17)18/h5,8-9,12H,4,6-7H2,1-3H3,(H,19,24). The minimum absolute atomic E-state index is 0.189. The van der Waals surface area contributed by atoms with Crippen molar-refractivity contribution in [1.82, 2.24) is 24.9 Å². The van der Waals surface area contributed by atoms with Crippen LogP contribution < -0.4 is 5.32 Å². The van der Waals surface area contributed by atoms with Gasteiger partial charge in [-0.05, 0) is 39.3 Å². The molecule has 132 valence electrons. The molecule has 2 aromatic rings. The molecule has 1 amide bonds. The van der Waals surface area contributed by atoms with Crippen LogP contribution in [0.2, 0.25) is 0 Å². The maximum absolute atomic E-state index is 12.6. The summed E-state index contributed by atoms with van der Waals surface area (Å²) in [7, 11) is 0. The zero-order valence-corrected chi connectivity index (χ0v) is 13.8. The predicted molar refractivity (Wildman–Crippen MR) is 81.3 cm³/mol. The first-order chi connectivity index (χ1) is 11.2. The zero-order valence-electron chi connectivity index (χ0n) is 13.8. The van der Waals surface area contributed by atoms with Gasteiger partial charge in [-0.25, -0.2) is 0 Å². The summed E-state index contributed by atoms with van der Waals surface area (Å²) >= 11 is 0. The normalized spacial score (nSPS) is 13.1. The maximum atomic E-state index is 12.6. The molecule has 0 aliphatic rings. The third-order valence-corrected chi connectivity index (χ3v) is 3.64. The lowest BCUT2D eigenvalue weighted by molar-refractivity contribution is -0.141. The first-order valence-electron chi connectivity index (χ1n) is 7.59. The van der Waals surface area contributed by atoms with Gasteiger partial charge >= 0.3 is 6.18 Å². The zero-order chi connectivity index (χ0) is 17.9. The minimum Gasteiger partial charge on any atom is -0.354 e. The Bertz CT molecular complexity index is 704. The van der Waals surface area contributed by atoms with Gasteiger partial charge in [-0.15, -0.1) is 0 Å². The second kappa shape index (κ2) is 7.06. The highest BCUT2D eigenvalue weighted by atomic mass is 19.4. The van der Waals surface area contributed by atoms with Crippen molar-refractivity contribution in [2.45, 2.75) is 46.0 Å². The molecule has 2 aromatic heterocycles. The van der Waals surface area contributed by atoms with Gasteiger partial charge in [-0.3, -0.25) is 14.2 Å². The van der Waals surface area contributed by atoms with Crippen LogP contribution >= 0.6 is 0 Å². The number of aryl methyl sites for hydroxylation is 3. The first kappa shape index (κ1) is 18.0. The van der Waals surface area contributed by atoms with Crippen LogP contribution in [0.1, 0.15) is 36.5 Å². The highest BCUT2D eigenvalue weighted by Gasteiger charge is 2.34. The molecule has 1 unspecified atom stereocenters. The monoisotopic (exact) mass is 343 g/mol. The summed E-state index contributed by atoms with van der Waals surface area (Å²) in [5, 5.41) is 10.5. The minimum atomic E-state index is -4.44. The van der Waals surface area contributed by atoms with Crippen LogP contribution in [-0.4, -0.2) is 32.0 Å². The molecule has 0 bridgehead atoms. The smallest absolute Gasteiger partial charge is 0.354 e. The van der Waals surface area contributed by atoms with Crippen molar-refractivity contribution in [2.75, 3.05) is 6.54 Å². The average Bonchev–Trinajstić information content (AvgIpc) is 3.08. The van der Waals surface area contributed by atoms with E-state index in [-0.39, 0.29) is 5.91 Å². The predicted octanol–water partition coefficient (Wildman–Crippen LogP) is 2.48. The third-order valence-electron chi connectivity index (χ3n) is 3.64. The number of nitrogens with zero attached hydrogens (tertiary/aromatic N) is 4. The lowest BCUT2D eigenvalue weighted by Gasteiger charge is -2.13. The molecule has 0 aromatic carbocycles. The van der Waals surface area contributed by atoms with Gasteiger partial charge in [0.25, 0.3) is 0 Å². The number of hydrogen-bond acceptors (Lipinski definition) is 3. The number of halogens is 3. The van der Waals surface area contributed by atoms with Crippen molar-refractivity contribution in [3.8, 4) is 0 Å². The number of carbonyl (C=O) groups excluding carboxylic acids is 1. The fourth-order valence-electron chi connectivity index (χ4n) is 2.23. The Morgan fingerprint density at radius 3 is 2.58 bits per heavy atom. The van der Waals surface area contributed by atoms with Crippen molar-refractivity contribution in [3.05, 3.63) is 35.4 Å².